The van der Waals surface area contributed by atoms with E-state index >= 15 is 0 Å². The Labute approximate surface area is 143 Å². The molecule has 6 nitrogen and oxygen atoms in total. The lowest BCUT2D eigenvalue weighted by molar-refractivity contribution is -0.147. The second-order valence-corrected chi connectivity index (χ2v) is 6.20. The molecule has 1 aliphatic heterocycles. The summed E-state index contributed by atoms with van der Waals surface area (Å²) < 4.78 is 10.1. The molecule has 0 spiro atoms. The van der Waals surface area contributed by atoms with Gasteiger partial charge in [0.05, 0.1) is 13.2 Å². The van der Waals surface area contributed by atoms with E-state index in [1.54, 1.807) is 0 Å². The third-order valence-electron chi connectivity index (χ3n) is 3.91. The van der Waals surface area contributed by atoms with Crippen LogP contribution < -0.4 is 0 Å². The SMILES string of the molecule is O=C1CCCCCCOC(=O)CC(=O)CCCCCCOC(=O)C1. The van der Waals surface area contributed by atoms with E-state index in [4.69, 9.17) is 9.47 Å². The minimum absolute atomic E-state index is 0.0839. The van der Waals surface area contributed by atoms with Gasteiger partial charge in [0.15, 0.2) is 0 Å². The Hall–Kier alpha value is -1.72. The zero-order valence-corrected chi connectivity index (χ0v) is 14.3. The third-order valence-corrected chi connectivity index (χ3v) is 3.91. The molecule has 136 valence electrons. The molecule has 0 radical (unpaired) electrons. The Balaban J connectivity index is 2.34. The van der Waals surface area contributed by atoms with Crippen LogP contribution in [-0.4, -0.2) is 36.7 Å². The van der Waals surface area contributed by atoms with E-state index in [-0.39, 0.29) is 24.4 Å². The van der Waals surface area contributed by atoms with Gasteiger partial charge in [-0.3, -0.25) is 19.2 Å². The number of Topliss-reactive ketones (excluding diaryl/α,β-unsaturated/α-hetero) is 2. The quantitative estimate of drug-likeness (QED) is 0.498. The van der Waals surface area contributed by atoms with E-state index in [1.807, 2.05) is 0 Å². The van der Waals surface area contributed by atoms with Crippen molar-refractivity contribution in [3.8, 4) is 0 Å². The van der Waals surface area contributed by atoms with Crippen molar-refractivity contribution in [1.82, 2.24) is 0 Å². The molecular formula is C18H28O6. The van der Waals surface area contributed by atoms with Gasteiger partial charge in [-0.15, -0.1) is 0 Å². The van der Waals surface area contributed by atoms with Gasteiger partial charge in [0.25, 0.3) is 0 Å². The van der Waals surface area contributed by atoms with Gasteiger partial charge in [-0.1, -0.05) is 25.7 Å². The maximum absolute atomic E-state index is 11.6. The fraction of sp³-hybridized carbons (Fsp3) is 0.778. The lowest BCUT2D eigenvalue weighted by Crippen LogP contribution is -2.13. The van der Waals surface area contributed by atoms with Crippen LogP contribution in [0.25, 0.3) is 0 Å². The minimum atomic E-state index is -0.448. The summed E-state index contributed by atoms with van der Waals surface area (Å²) in [5.74, 6) is -1.06. The van der Waals surface area contributed by atoms with Crippen LogP contribution in [0.4, 0.5) is 0 Å². The summed E-state index contributed by atoms with van der Waals surface area (Å²) in [5, 5.41) is 0. The number of hydrogen-bond acceptors (Lipinski definition) is 6. The molecule has 1 heterocycles. The first-order chi connectivity index (χ1) is 11.6. The monoisotopic (exact) mass is 340 g/mol. The number of hydrogen-bond donors (Lipinski definition) is 0. The van der Waals surface area contributed by atoms with Gasteiger partial charge < -0.3 is 9.47 Å². The van der Waals surface area contributed by atoms with E-state index in [9.17, 15) is 19.2 Å². The smallest absolute Gasteiger partial charge is 0.313 e. The Morgan fingerprint density at radius 1 is 0.500 bits per heavy atom. The number of cyclic esters (lactones) is 2. The van der Waals surface area contributed by atoms with Crippen LogP contribution in [0.1, 0.15) is 77.0 Å². The van der Waals surface area contributed by atoms with Crippen molar-refractivity contribution in [1.29, 1.82) is 0 Å². The summed E-state index contributed by atoms with van der Waals surface area (Å²) in [6.45, 7) is 0.624. The maximum Gasteiger partial charge on any atom is 0.313 e. The van der Waals surface area contributed by atoms with E-state index in [0.717, 1.165) is 51.4 Å². The van der Waals surface area contributed by atoms with Crippen LogP contribution in [0.15, 0.2) is 0 Å². The van der Waals surface area contributed by atoms with Crippen LogP contribution in [0, 0.1) is 0 Å². The average Bonchev–Trinajstić information content (AvgIpc) is 2.52. The summed E-state index contributed by atoms with van der Waals surface area (Å²) in [7, 11) is 0. The molecule has 0 aromatic heterocycles. The zero-order valence-electron chi connectivity index (χ0n) is 14.3. The van der Waals surface area contributed by atoms with Gasteiger partial charge in [-0.25, -0.2) is 0 Å². The summed E-state index contributed by atoms with van der Waals surface area (Å²) in [6.07, 6.45) is 6.72. The zero-order chi connectivity index (χ0) is 17.6. The summed E-state index contributed by atoms with van der Waals surface area (Å²) >= 11 is 0. The second kappa shape index (κ2) is 12.7. The molecule has 6 heteroatoms. The van der Waals surface area contributed by atoms with Crippen LogP contribution in [0.3, 0.4) is 0 Å². The fourth-order valence-corrected chi connectivity index (χ4v) is 2.53. The standard InChI is InChI=1S/C18H28O6/c19-15-9-5-1-3-7-11-23-18(22)14-16(20)10-6-2-4-8-12-24-17(21)13-15/h1-14H2. The van der Waals surface area contributed by atoms with Crippen molar-refractivity contribution < 1.29 is 28.7 Å². The van der Waals surface area contributed by atoms with Gasteiger partial charge >= 0.3 is 11.9 Å². The number of ether oxygens (including phenoxy) is 2. The van der Waals surface area contributed by atoms with Crippen molar-refractivity contribution in [2.45, 2.75) is 77.0 Å². The highest BCUT2D eigenvalue weighted by Gasteiger charge is 2.12. The molecule has 0 amide bonds. The van der Waals surface area contributed by atoms with Gasteiger partial charge in [0, 0.05) is 12.8 Å². The largest absolute Gasteiger partial charge is 0.465 e. The van der Waals surface area contributed by atoms with Crippen LogP contribution in [0.2, 0.25) is 0 Å². The Morgan fingerprint density at radius 3 is 1.29 bits per heavy atom. The molecular weight excluding hydrogens is 312 g/mol. The van der Waals surface area contributed by atoms with Crippen LogP contribution >= 0.6 is 0 Å². The molecule has 0 unspecified atom stereocenters. The summed E-state index contributed by atoms with van der Waals surface area (Å²) in [6, 6.07) is 0. The molecule has 0 aliphatic carbocycles. The molecule has 1 aliphatic rings. The summed E-state index contributed by atoms with van der Waals surface area (Å²) in [4.78, 5) is 46.3. The van der Waals surface area contributed by atoms with E-state index in [0.29, 0.717) is 26.1 Å². The number of carbonyl (C=O) groups is 4. The number of rotatable bonds is 0. The Morgan fingerprint density at radius 2 is 0.875 bits per heavy atom. The van der Waals surface area contributed by atoms with Gasteiger partial charge in [0.2, 0.25) is 0 Å². The second-order valence-electron chi connectivity index (χ2n) is 6.20. The molecule has 24 heavy (non-hydrogen) atoms. The summed E-state index contributed by atoms with van der Waals surface area (Å²) in [5.41, 5.74) is 0. The van der Waals surface area contributed by atoms with Crippen LogP contribution in [-0.2, 0) is 28.7 Å². The predicted octanol–water partition coefficient (Wildman–Crippen LogP) is 2.91. The molecule has 0 aromatic rings. The van der Waals surface area contributed by atoms with Crippen molar-refractivity contribution >= 4 is 23.5 Å². The number of esters is 2. The normalized spacial score (nSPS) is 21.7. The molecule has 1 rings (SSSR count). The molecule has 0 atom stereocenters. The molecule has 0 bridgehead atoms. The fourth-order valence-electron chi connectivity index (χ4n) is 2.53. The number of ketones is 2. The van der Waals surface area contributed by atoms with Crippen molar-refractivity contribution in [2.24, 2.45) is 0 Å². The first-order valence-corrected chi connectivity index (χ1v) is 8.92. The molecule has 1 fully saturated rings. The lowest BCUT2D eigenvalue weighted by atomic mass is 10.1. The molecule has 0 saturated carbocycles. The maximum atomic E-state index is 11.6. The van der Waals surface area contributed by atoms with Gasteiger partial charge in [-0.2, -0.15) is 0 Å². The molecule has 0 N–H and O–H groups in total. The highest BCUT2D eigenvalue weighted by Crippen LogP contribution is 2.09. The predicted molar refractivity (Wildman–Crippen MR) is 87.3 cm³/mol. The van der Waals surface area contributed by atoms with Gasteiger partial charge in [0.1, 0.15) is 24.4 Å². The minimum Gasteiger partial charge on any atom is -0.465 e. The van der Waals surface area contributed by atoms with E-state index < -0.39 is 11.9 Å². The van der Waals surface area contributed by atoms with Crippen molar-refractivity contribution in [2.75, 3.05) is 13.2 Å². The van der Waals surface area contributed by atoms with Crippen molar-refractivity contribution in [3.63, 3.8) is 0 Å². The first-order valence-electron chi connectivity index (χ1n) is 8.92. The molecule has 0 aromatic carbocycles. The Kier molecular flexibility index (Phi) is 10.7. The first kappa shape index (κ1) is 20.3. The third kappa shape index (κ3) is 10.9. The van der Waals surface area contributed by atoms with Crippen molar-refractivity contribution in [3.05, 3.63) is 0 Å². The van der Waals surface area contributed by atoms with Gasteiger partial charge in [-0.05, 0) is 25.7 Å². The topological polar surface area (TPSA) is 86.7 Å². The highest BCUT2D eigenvalue weighted by atomic mass is 16.5. The Bertz CT molecular complexity index is 353. The lowest BCUT2D eigenvalue weighted by Gasteiger charge is -2.07. The highest BCUT2D eigenvalue weighted by molar-refractivity contribution is 5.95. The van der Waals surface area contributed by atoms with Crippen LogP contribution in [0.5, 0.6) is 0 Å². The average molecular weight is 340 g/mol. The van der Waals surface area contributed by atoms with E-state index in [2.05, 4.69) is 0 Å². The molecule has 1 saturated heterocycles. The number of carbonyl (C=O) groups excluding carboxylic acids is 4. The van der Waals surface area contributed by atoms with E-state index in [1.165, 1.54) is 0 Å².